The summed E-state index contributed by atoms with van der Waals surface area (Å²) in [4.78, 5) is 1.38. The van der Waals surface area contributed by atoms with Crippen LogP contribution in [0.4, 0.5) is 4.39 Å². The van der Waals surface area contributed by atoms with Crippen LogP contribution in [0, 0.1) is 39.8 Å². The van der Waals surface area contributed by atoms with Gasteiger partial charge in [-0.05, 0) is 78.4 Å². The average molecular weight is 450 g/mol. The lowest BCUT2D eigenvalue weighted by Crippen LogP contribution is -1.99. The van der Waals surface area contributed by atoms with Crippen LogP contribution in [-0.2, 0) is 0 Å². The van der Waals surface area contributed by atoms with E-state index in [4.69, 9.17) is 4.74 Å². The molecule has 33 heavy (non-hydrogen) atoms. The van der Waals surface area contributed by atoms with E-state index < -0.39 is 0 Å². The fourth-order valence-electron chi connectivity index (χ4n) is 3.47. The molecule has 2 heterocycles. The third-order valence-electron chi connectivity index (χ3n) is 5.04. The smallest absolute Gasteiger partial charge is 0.148 e. The normalized spacial score (nSPS) is 10.0. The van der Waals surface area contributed by atoms with Crippen molar-refractivity contribution in [3.05, 3.63) is 89.1 Å². The van der Waals surface area contributed by atoms with E-state index in [2.05, 4.69) is 0 Å². The van der Waals surface area contributed by atoms with Crippen LogP contribution in [0.1, 0.15) is 4.88 Å². The molecule has 4 aromatic rings. The molecule has 0 aliphatic rings. The average Bonchev–Trinajstić information content (AvgIpc) is 3.50. The second kappa shape index (κ2) is 9.24. The molecule has 2 aromatic carbocycles. The number of hydrogen-bond donors (Lipinski definition) is 0. The Morgan fingerprint density at radius 3 is 2.09 bits per heavy atom. The highest BCUT2D eigenvalue weighted by Crippen LogP contribution is 2.38. The predicted molar refractivity (Wildman–Crippen MR) is 125 cm³/mol. The first-order chi connectivity index (χ1) is 16.1. The van der Waals surface area contributed by atoms with Gasteiger partial charge in [-0.15, -0.1) is 11.3 Å². The molecule has 0 N–H and O–H groups in total. The Morgan fingerprint density at radius 2 is 1.48 bits per heavy atom. The van der Waals surface area contributed by atoms with Gasteiger partial charge in [0.25, 0.3) is 0 Å². The van der Waals surface area contributed by atoms with E-state index in [-0.39, 0.29) is 17.0 Å². The lowest BCUT2D eigenvalue weighted by Gasteiger charge is -2.14. The molecule has 0 fully saturated rings. The molecule has 0 aliphatic heterocycles. The number of aromatic nitrogens is 1. The van der Waals surface area contributed by atoms with Crippen molar-refractivity contribution >= 4 is 16.9 Å². The fraction of sp³-hybridized carbons (Fsp3) is 0.0385. The molecule has 0 bridgehead atoms. The third-order valence-corrected chi connectivity index (χ3v) is 6.17. The van der Waals surface area contributed by atoms with Gasteiger partial charge in [0.05, 0.1) is 28.9 Å². The quantitative estimate of drug-likeness (QED) is 0.332. The van der Waals surface area contributed by atoms with Crippen LogP contribution < -0.4 is 4.74 Å². The standard InChI is InChI=1S/C26H15FN4OS/c1-32-21-8-6-20(7-9-21)31-23(17-2-4-19(27)5-3-17)10-11-24(31)26-13-12-25(33-26)22(16-30)18(14-28)15-29/h2-13H,1H3. The van der Waals surface area contributed by atoms with Crippen LogP contribution in [0.5, 0.6) is 5.75 Å². The van der Waals surface area contributed by atoms with Gasteiger partial charge in [0.2, 0.25) is 0 Å². The molecule has 0 saturated heterocycles. The second-order valence-corrected chi connectivity index (χ2v) is 7.98. The van der Waals surface area contributed by atoms with Crippen molar-refractivity contribution in [2.45, 2.75) is 0 Å². The summed E-state index contributed by atoms with van der Waals surface area (Å²) in [7, 11) is 1.60. The number of nitriles is 3. The Kier molecular flexibility index (Phi) is 6.04. The number of hydrogen-bond acceptors (Lipinski definition) is 5. The van der Waals surface area contributed by atoms with Crippen LogP contribution in [0.15, 0.2) is 78.4 Å². The minimum absolute atomic E-state index is 0.0533. The summed E-state index contributed by atoms with van der Waals surface area (Å²) >= 11 is 1.32. The van der Waals surface area contributed by atoms with Crippen molar-refractivity contribution in [3.63, 3.8) is 0 Å². The van der Waals surface area contributed by atoms with Gasteiger partial charge in [0.1, 0.15) is 35.3 Å². The molecule has 5 nitrogen and oxygen atoms in total. The van der Waals surface area contributed by atoms with Gasteiger partial charge in [-0.2, -0.15) is 15.8 Å². The van der Waals surface area contributed by atoms with E-state index in [1.54, 1.807) is 37.4 Å². The van der Waals surface area contributed by atoms with E-state index in [9.17, 15) is 20.2 Å². The zero-order valence-electron chi connectivity index (χ0n) is 17.4. The number of methoxy groups -OCH3 is 1. The largest absolute Gasteiger partial charge is 0.497 e. The number of nitrogens with zero attached hydrogens (tertiary/aromatic N) is 4. The molecule has 7 heteroatoms. The fourth-order valence-corrected chi connectivity index (χ4v) is 4.49. The zero-order chi connectivity index (χ0) is 23.4. The van der Waals surface area contributed by atoms with Crippen molar-refractivity contribution in [1.82, 2.24) is 4.57 Å². The van der Waals surface area contributed by atoms with Crippen molar-refractivity contribution < 1.29 is 9.13 Å². The number of thiophene rings is 1. The maximum Gasteiger partial charge on any atom is 0.148 e. The molecule has 0 spiro atoms. The first-order valence-electron chi connectivity index (χ1n) is 9.77. The highest BCUT2D eigenvalue weighted by atomic mass is 32.1. The van der Waals surface area contributed by atoms with Crippen molar-refractivity contribution in [1.29, 1.82) is 15.8 Å². The molecule has 158 valence electrons. The maximum absolute atomic E-state index is 13.5. The summed E-state index contributed by atoms with van der Waals surface area (Å²) < 4.78 is 20.8. The Morgan fingerprint density at radius 1 is 0.818 bits per heavy atom. The van der Waals surface area contributed by atoms with E-state index in [1.165, 1.54) is 23.5 Å². The first kappa shape index (κ1) is 21.6. The summed E-state index contributed by atoms with van der Waals surface area (Å²) in [6.07, 6.45) is 0. The molecule has 0 atom stereocenters. The maximum atomic E-state index is 13.5. The highest BCUT2D eigenvalue weighted by molar-refractivity contribution is 7.16. The van der Waals surface area contributed by atoms with E-state index in [1.807, 2.05) is 53.1 Å². The van der Waals surface area contributed by atoms with Crippen LogP contribution in [-0.4, -0.2) is 11.7 Å². The Balaban J connectivity index is 1.90. The third kappa shape index (κ3) is 4.12. The predicted octanol–water partition coefficient (Wildman–Crippen LogP) is 6.34. The first-order valence-corrected chi connectivity index (χ1v) is 10.6. The molecule has 0 saturated carbocycles. The van der Waals surface area contributed by atoms with Crippen molar-refractivity contribution in [3.8, 4) is 51.5 Å². The molecular formula is C26H15FN4OS. The van der Waals surface area contributed by atoms with E-state index in [0.29, 0.717) is 4.88 Å². The van der Waals surface area contributed by atoms with Gasteiger partial charge >= 0.3 is 0 Å². The summed E-state index contributed by atoms with van der Waals surface area (Å²) in [6, 6.07) is 26.9. The van der Waals surface area contributed by atoms with Gasteiger partial charge in [-0.3, -0.25) is 0 Å². The number of allylic oxidation sites excluding steroid dienone is 2. The Hall–Kier alpha value is -4.64. The minimum atomic E-state index is -0.314. The summed E-state index contributed by atoms with van der Waals surface area (Å²) in [5, 5.41) is 27.9. The minimum Gasteiger partial charge on any atom is -0.497 e. The molecule has 0 radical (unpaired) electrons. The molecule has 2 aromatic heterocycles. The summed E-state index contributed by atoms with van der Waals surface area (Å²) in [5.74, 6) is 0.407. The van der Waals surface area contributed by atoms with Crippen LogP contribution in [0.3, 0.4) is 0 Å². The summed E-state index contributed by atoms with van der Waals surface area (Å²) in [6.45, 7) is 0. The number of ether oxygens (including phenoxy) is 1. The van der Waals surface area contributed by atoms with Gasteiger partial charge in [-0.25, -0.2) is 4.39 Å². The second-order valence-electron chi connectivity index (χ2n) is 6.89. The van der Waals surface area contributed by atoms with Crippen LogP contribution >= 0.6 is 11.3 Å². The van der Waals surface area contributed by atoms with E-state index >= 15 is 0 Å². The van der Waals surface area contributed by atoms with Crippen LogP contribution in [0.2, 0.25) is 0 Å². The Bertz CT molecular complexity index is 1460. The SMILES string of the molecule is COc1ccc(-n2c(-c3ccc(F)cc3)ccc2-c2ccc(C(C#N)=C(C#N)C#N)s2)cc1. The molecule has 0 amide bonds. The van der Waals surface area contributed by atoms with Gasteiger partial charge in [-0.1, -0.05) is 0 Å². The molecule has 0 aliphatic carbocycles. The monoisotopic (exact) mass is 450 g/mol. The lowest BCUT2D eigenvalue weighted by molar-refractivity contribution is 0.415. The molecular weight excluding hydrogens is 435 g/mol. The number of benzene rings is 2. The zero-order valence-corrected chi connectivity index (χ0v) is 18.2. The highest BCUT2D eigenvalue weighted by Gasteiger charge is 2.18. The lowest BCUT2D eigenvalue weighted by atomic mass is 10.1. The number of halogens is 1. The Labute approximate surface area is 194 Å². The number of rotatable bonds is 5. The van der Waals surface area contributed by atoms with Gasteiger partial charge in [0.15, 0.2) is 0 Å². The molecule has 0 unspecified atom stereocenters. The van der Waals surface area contributed by atoms with Gasteiger partial charge in [0, 0.05) is 10.6 Å². The van der Waals surface area contributed by atoms with Gasteiger partial charge < -0.3 is 9.30 Å². The summed E-state index contributed by atoms with van der Waals surface area (Å²) in [5.41, 5.74) is 3.25. The molecule has 4 rings (SSSR count). The van der Waals surface area contributed by atoms with Crippen LogP contribution in [0.25, 0.3) is 33.1 Å². The van der Waals surface area contributed by atoms with E-state index in [0.717, 1.165) is 33.3 Å². The van der Waals surface area contributed by atoms with Crippen molar-refractivity contribution in [2.75, 3.05) is 7.11 Å². The van der Waals surface area contributed by atoms with Crippen molar-refractivity contribution in [2.24, 2.45) is 0 Å². The topological polar surface area (TPSA) is 85.5 Å².